The molecule has 0 atom stereocenters. The average Bonchev–Trinajstić information content (AvgIpc) is 2.48. The highest BCUT2D eigenvalue weighted by atomic mass is 16.5. The van der Waals surface area contributed by atoms with Crippen LogP contribution in [0.1, 0.15) is 25.8 Å². The first kappa shape index (κ1) is 16.2. The summed E-state index contributed by atoms with van der Waals surface area (Å²) in [4.78, 5) is 11.0. The van der Waals surface area contributed by atoms with Crippen LogP contribution in [0, 0.1) is 0 Å². The van der Waals surface area contributed by atoms with E-state index in [4.69, 9.17) is 15.7 Å². The molecule has 3 N–H and O–H groups in total. The van der Waals surface area contributed by atoms with Crippen LogP contribution < -0.4 is 5.84 Å². The highest BCUT2D eigenvalue weighted by Gasteiger charge is 2.19. The second-order valence-corrected chi connectivity index (χ2v) is 4.11. The van der Waals surface area contributed by atoms with Crippen molar-refractivity contribution in [2.24, 2.45) is 5.84 Å². The van der Waals surface area contributed by atoms with Crippen molar-refractivity contribution >= 4 is 11.5 Å². The number of nitrogens with two attached hydrogens (primary N) is 1. The normalized spacial score (nSPS) is 17.1. The number of ether oxygens (including phenoxy) is 1. The van der Waals surface area contributed by atoms with Gasteiger partial charge in [-0.05, 0) is 11.1 Å². The first-order valence-corrected chi connectivity index (χ1v) is 6.77. The van der Waals surface area contributed by atoms with E-state index in [1.165, 1.54) is 0 Å². The molecule has 0 bridgehead atoms. The third-order valence-electron chi connectivity index (χ3n) is 2.86. The molecule has 0 spiro atoms. The van der Waals surface area contributed by atoms with Crippen LogP contribution in [-0.2, 0) is 9.53 Å². The molecular weight excluding hydrogens is 256 g/mol. The van der Waals surface area contributed by atoms with E-state index in [1.54, 1.807) is 5.01 Å². The van der Waals surface area contributed by atoms with E-state index < -0.39 is 5.97 Å². The summed E-state index contributed by atoms with van der Waals surface area (Å²) in [6.07, 6.45) is -0.0591. The number of nitrogens with zero attached hydrogens (tertiary/aromatic N) is 1. The van der Waals surface area contributed by atoms with Crippen molar-refractivity contribution in [2.45, 2.75) is 20.3 Å². The summed E-state index contributed by atoms with van der Waals surface area (Å²) in [5.41, 5.74) is 2.33. The molecule has 1 aromatic rings. The predicted octanol–water partition coefficient (Wildman–Crippen LogP) is 2.10. The second-order valence-electron chi connectivity index (χ2n) is 4.11. The lowest BCUT2D eigenvalue weighted by Gasteiger charge is -2.29. The first-order chi connectivity index (χ1) is 9.68. The van der Waals surface area contributed by atoms with Gasteiger partial charge < -0.3 is 14.9 Å². The summed E-state index contributed by atoms with van der Waals surface area (Å²) >= 11 is 0. The second kappa shape index (κ2) is 8.35. The van der Waals surface area contributed by atoms with Gasteiger partial charge in [-0.25, -0.2) is 5.84 Å². The van der Waals surface area contributed by atoms with E-state index >= 15 is 0 Å². The van der Waals surface area contributed by atoms with E-state index in [9.17, 15) is 4.79 Å². The van der Waals surface area contributed by atoms with Gasteiger partial charge in [0.2, 0.25) is 0 Å². The Hall–Kier alpha value is -1.85. The van der Waals surface area contributed by atoms with Gasteiger partial charge in [0, 0.05) is 0 Å². The highest BCUT2D eigenvalue weighted by Crippen LogP contribution is 2.25. The minimum atomic E-state index is -0.875. The summed E-state index contributed by atoms with van der Waals surface area (Å²) in [5, 5.41) is 10.6. The van der Waals surface area contributed by atoms with Crippen LogP contribution in [0.25, 0.3) is 5.57 Å². The minimum absolute atomic E-state index is 0.0591. The van der Waals surface area contributed by atoms with Crippen molar-refractivity contribution in [3.05, 3.63) is 41.6 Å². The molecule has 0 aliphatic carbocycles. The topological polar surface area (TPSA) is 75.8 Å². The van der Waals surface area contributed by atoms with E-state index in [1.807, 2.05) is 44.2 Å². The SMILES string of the molecule is CC.NN1CCOC/C1=C(/CC(=O)O)c1ccccc1. The number of hydrogen-bond donors (Lipinski definition) is 2. The maximum Gasteiger partial charge on any atom is 0.307 e. The molecule has 0 unspecified atom stereocenters. The third-order valence-corrected chi connectivity index (χ3v) is 2.86. The number of rotatable bonds is 3. The molecule has 1 aliphatic heterocycles. The minimum Gasteiger partial charge on any atom is -0.481 e. The van der Waals surface area contributed by atoms with Gasteiger partial charge in [-0.2, -0.15) is 0 Å². The molecule has 110 valence electrons. The molecule has 1 aliphatic rings. The Morgan fingerprint density at radius 2 is 2.00 bits per heavy atom. The van der Waals surface area contributed by atoms with Crippen molar-refractivity contribution in [2.75, 3.05) is 19.8 Å². The van der Waals surface area contributed by atoms with Crippen LogP contribution in [-0.4, -0.2) is 35.8 Å². The molecule has 1 saturated heterocycles. The Labute approximate surface area is 119 Å². The predicted molar refractivity (Wildman–Crippen MR) is 78.7 cm³/mol. The van der Waals surface area contributed by atoms with Crippen molar-refractivity contribution in [3.8, 4) is 0 Å². The van der Waals surface area contributed by atoms with Gasteiger partial charge in [0.15, 0.2) is 0 Å². The quantitative estimate of drug-likeness (QED) is 0.828. The first-order valence-electron chi connectivity index (χ1n) is 6.77. The van der Waals surface area contributed by atoms with E-state index in [2.05, 4.69) is 0 Å². The van der Waals surface area contributed by atoms with Crippen LogP contribution in [0.5, 0.6) is 0 Å². The van der Waals surface area contributed by atoms with Gasteiger partial charge in [0.25, 0.3) is 0 Å². The van der Waals surface area contributed by atoms with Crippen LogP contribution >= 0.6 is 0 Å². The van der Waals surface area contributed by atoms with E-state index in [0.717, 1.165) is 11.3 Å². The number of hydrogen-bond acceptors (Lipinski definition) is 4. The van der Waals surface area contributed by atoms with Crippen molar-refractivity contribution in [3.63, 3.8) is 0 Å². The number of hydrazine groups is 1. The number of benzene rings is 1. The fourth-order valence-electron chi connectivity index (χ4n) is 1.97. The Morgan fingerprint density at radius 3 is 2.55 bits per heavy atom. The van der Waals surface area contributed by atoms with Gasteiger partial charge >= 0.3 is 5.97 Å². The Balaban J connectivity index is 0.000000956. The van der Waals surface area contributed by atoms with Crippen LogP contribution in [0.3, 0.4) is 0 Å². The van der Waals surface area contributed by atoms with Crippen LogP contribution in [0.2, 0.25) is 0 Å². The van der Waals surface area contributed by atoms with Crippen LogP contribution in [0.15, 0.2) is 36.0 Å². The van der Waals surface area contributed by atoms with Gasteiger partial charge in [-0.1, -0.05) is 44.2 Å². The van der Waals surface area contributed by atoms with Gasteiger partial charge in [0.05, 0.1) is 31.9 Å². The van der Waals surface area contributed by atoms with Crippen LogP contribution in [0.4, 0.5) is 0 Å². The lowest BCUT2D eigenvalue weighted by atomic mass is 10.00. The number of morpholine rings is 1. The smallest absolute Gasteiger partial charge is 0.307 e. The Morgan fingerprint density at radius 1 is 1.35 bits per heavy atom. The molecule has 0 saturated carbocycles. The number of carboxylic acids is 1. The standard InChI is InChI=1S/C13H16N2O3.C2H6/c14-15-6-7-18-9-12(15)11(8-13(16)17)10-4-2-1-3-5-10;1-2/h1-5H,6-9,14H2,(H,16,17);1-2H3/b12-11+;. The molecule has 0 radical (unpaired) electrons. The molecule has 5 nitrogen and oxygen atoms in total. The number of aliphatic carboxylic acids is 1. The molecule has 20 heavy (non-hydrogen) atoms. The highest BCUT2D eigenvalue weighted by molar-refractivity contribution is 5.85. The summed E-state index contributed by atoms with van der Waals surface area (Å²) in [6, 6.07) is 9.41. The Bertz CT molecular complexity index is 457. The molecule has 0 aromatic heterocycles. The lowest BCUT2D eigenvalue weighted by molar-refractivity contribution is -0.135. The maximum absolute atomic E-state index is 11.0. The summed E-state index contributed by atoms with van der Waals surface area (Å²) in [5.74, 6) is 5.02. The maximum atomic E-state index is 11.0. The Kier molecular flexibility index (Phi) is 6.76. The zero-order valence-corrected chi connectivity index (χ0v) is 12.0. The lowest BCUT2D eigenvalue weighted by Crippen LogP contribution is -2.40. The molecule has 5 heteroatoms. The zero-order chi connectivity index (χ0) is 15.0. The number of carbonyl (C=O) groups is 1. The molecular formula is C15H22N2O3. The van der Waals surface area contributed by atoms with Gasteiger partial charge in [-0.15, -0.1) is 0 Å². The molecule has 2 rings (SSSR count). The van der Waals surface area contributed by atoms with Crippen molar-refractivity contribution in [1.29, 1.82) is 0 Å². The monoisotopic (exact) mass is 278 g/mol. The molecule has 1 fully saturated rings. The molecule has 1 heterocycles. The van der Waals surface area contributed by atoms with E-state index in [-0.39, 0.29) is 6.42 Å². The fraction of sp³-hybridized carbons (Fsp3) is 0.400. The van der Waals surface area contributed by atoms with Gasteiger partial charge in [0.1, 0.15) is 0 Å². The molecule has 1 aromatic carbocycles. The summed E-state index contributed by atoms with van der Waals surface area (Å²) in [6.45, 7) is 5.49. The molecule has 0 amide bonds. The zero-order valence-electron chi connectivity index (χ0n) is 12.0. The van der Waals surface area contributed by atoms with Crippen molar-refractivity contribution in [1.82, 2.24) is 5.01 Å². The van der Waals surface area contributed by atoms with E-state index in [0.29, 0.717) is 25.3 Å². The van der Waals surface area contributed by atoms with Gasteiger partial charge in [-0.3, -0.25) is 4.79 Å². The van der Waals surface area contributed by atoms with Crippen molar-refractivity contribution < 1.29 is 14.6 Å². The average molecular weight is 278 g/mol. The largest absolute Gasteiger partial charge is 0.481 e. The summed E-state index contributed by atoms with van der Waals surface area (Å²) < 4.78 is 5.36. The fourth-order valence-corrected chi connectivity index (χ4v) is 1.97. The third kappa shape index (κ3) is 4.36. The number of carboxylic acid groups (broad SMARTS) is 1. The summed E-state index contributed by atoms with van der Waals surface area (Å²) in [7, 11) is 0.